The van der Waals surface area contributed by atoms with Crippen LogP contribution in [0.25, 0.3) is 0 Å². The van der Waals surface area contributed by atoms with Gasteiger partial charge in [-0.15, -0.1) is 0 Å². The maximum absolute atomic E-state index is 12.1. The van der Waals surface area contributed by atoms with Crippen molar-refractivity contribution in [1.82, 2.24) is 4.90 Å². The number of amides is 1. The third-order valence-electron chi connectivity index (χ3n) is 3.90. The van der Waals surface area contributed by atoms with E-state index in [0.717, 1.165) is 19.4 Å². The molecule has 1 fully saturated rings. The van der Waals surface area contributed by atoms with Crippen molar-refractivity contribution in [2.24, 2.45) is 17.6 Å². The molecule has 1 amide bonds. The number of nitrogens with zero attached hydrogens (tertiary/aromatic N) is 1. The number of carboxylic acids is 1. The molecule has 5 heteroatoms. The highest BCUT2D eigenvalue weighted by Gasteiger charge is 2.25. The van der Waals surface area contributed by atoms with Crippen molar-refractivity contribution in [2.45, 2.75) is 52.0 Å². The molecular formula is C14H26N2O3. The number of carboxylic acid groups (broad SMARTS) is 1. The Hall–Kier alpha value is -1.10. The Balaban J connectivity index is 2.41. The molecule has 1 saturated heterocycles. The summed E-state index contributed by atoms with van der Waals surface area (Å²) in [5, 5.41) is 8.70. The van der Waals surface area contributed by atoms with Gasteiger partial charge in [0.25, 0.3) is 0 Å². The van der Waals surface area contributed by atoms with Gasteiger partial charge in [0.2, 0.25) is 5.91 Å². The van der Waals surface area contributed by atoms with Crippen molar-refractivity contribution in [3.63, 3.8) is 0 Å². The van der Waals surface area contributed by atoms with Crippen LogP contribution in [0.2, 0.25) is 0 Å². The van der Waals surface area contributed by atoms with E-state index in [-0.39, 0.29) is 18.4 Å². The second-order valence-electron chi connectivity index (χ2n) is 5.89. The minimum atomic E-state index is -0.759. The highest BCUT2D eigenvalue weighted by atomic mass is 16.4. The molecule has 2 atom stereocenters. The zero-order valence-corrected chi connectivity index (χ0v) is 12.0. The number of carbonyl (C=O) groups is 2. The summed E-state index contributed by atoms with van der Waals surface area (Å²) in [6.45, 7) is 5.51. The fourth-order valence-corrected chi connectivity index (χ4v) is 2.42. The Labute approximate surface area is 115 Å². The number of hydrogen-bond acceptors (Lipinski definition) is 3. The highest BCUT2D eigenvalue weighted by molar-refractivity contribution is 5.77. The number of piperidine rings is 1. The maximum atomic E-state index is 12.1. The Morgan fingerprint density at radius 3 is 2.68 bits per heavy atom. The smallest absolute Gasteiger partial charge is 0.303 e. The number of carbonyl (C=O) groups excluding carboxylic acids is 1. The van der Waals surface area contributed by atoms with Gasteiger partial charge in [-0.05, 0) is 31.1 Å². The first-order chi connectivity index (χ1) is 8.90. The molecule has 0 radical (unpaired) electrons. The molecule has 0 spiro atoms. The summed E-state index contributed by atoms with van der Waals surface area (Å²) in [6, 6.07) is -0.0908. The van der Waals surface area contributed by atoms with Crippen LogP contribution in [-0.2, 0) is 9.59 Å². The molecule has 19 heavy (non-hydrogen) atoms. The number of rotatable bonds is 6. The lowest BCUT2D eigenvalue weighted by atomic mass is 9.92. The Morgan fingerprint density at radius 2 is 2.11 bits per heavy atom. The van der Waals surface area contributed by atoms with Gasteiger partial charge in [0.15, 0.2) is 0 Å². The first kappa shape index (κ1) is 16.0. The monoisotopic (exact) mass is 270 g/mol. The Kier molecular flexibility index (Phi) is 6.28. The van der Waals surface area contributed by atoms with E-state index in [0.29, 0.717) is 31.2 Å². The summed E-state index contributed by atoms with van der Waals surface area (Å²) in [6.07, 6.45) is 3.23. The quantitative estimate of drug-likeness (QED) is 0.765. The lowest BCUT2D eigenvalue weighted by molar-refractivity contribution is -0.137. The lowest BCUT2D eigenvalue weighted by Crippen LogP contribution is -2.43. The van der Waals surface area contributed by atoms with E-state index in [1.54, 1.807) is 0 Å². The SMILES string of the molecule is CC(C)C(N)CC(=O)N1CCCC(CCC(=O)O)C1. The molecule has 0 aromatic heterocycles. The molecule has 3 N–H and O–H groups in total. The van der Waals surface area contributed by atoms with E-state index >= 15 is 0 Å². The predicted octanol–water partition coefficient (Wildman–Crippen LogP) is 1.46. The molecule has 5 nitrogen and oxygen atoms in total. The van der Waals surface area contributed by atoms with Gasteiger partial charge in [-0.25, -0.2) is 0 Å². The summed E-state index contributed by atoms with van der Waals surface area (Å²) in [7, 11) is 0. The van der Waals surface area contributed by atoms with Gasteiger partial charge in [-0.2, -0.15) is 0 Å². The Morgan fingerprint density at radius 1 is 1.42 bits per heavy atom. The van der Waals surface area contributed by atoms with E-state index in [4.69, 9.17) is 10.8 Å². The average molecular weight is 270 g/mol. The fourth-order valence-electron chi connectivity index (χ4n) is 2.42. The van der Waals surface area contributed by atoms with Gasteiger partial charge in [0.05, 0.1) is 0 Å². The van der Waals surface area contributed by atoms with Gasteiger partial charge < -0.3 is 15.7 Å². The van der Waals surface area contributed by atoms with Crippen LogP contribution in [-0.4, -0.2) is 41.0 Å². The molecule has 0 aromatic carbocycles. The summed E-state index contributed by atoms with van der Waals surface area (Å²) in [5.41, 5.74) is 5.93. The van der Waals surface area contributed by atoms with Crippen LogP contribution in [0.15, 0.2) is 0 Å². The van der Waals surface area contributed by atoms with Crippen molar-refractivity contribution in [3.8, 4) is 0 Å². The van der Waals surface area contributed by atoms with E-state index in [1.807, 2.05) is 18.7 Å². The summed E-state index contributed by atoms with van der Waals surface area (Å²) >= 11 is 0. The van der Waals surface area contributed by atoms with Crippen molar-refractivity contribution in [1.29, 1.82) is 0 Å². The Bertz CT molecular complexity index is 318. The minimum absolute atomic E-state index is 0.0908. The van der Waals surface area contributed by atoms with Crippen LogP contribution in [0.4, 0.5) is 0 Å². The van der Waals surface area contributed by atoms with E-state index < -0.39 is 5.97 Å². The van der Waals surface area contributed by atoms with Gasteiger partial charge in [-0.3, -0.25) is 9.59 Å². The third kappa shape index (κ3) is 5.59. The van der Waals surface area contributed by atoms with Crippen molar-refractivity contribution in [2.75, 3.05) is 13.1 Å². The number of nitrogens with two attached hydrogens (primary N) is 1. The summed E-state index contributed by atoms with van der Waals surface area (Å²) < 4.78 is 0. The molecule has 0 aliphatic carbocycles. The van der Waals surface area contributed by atoms with Crippen molar-refractivity contribution in [3.05, 3.63) is 0 Å². The summed E-state index contributed by atoms with van der Waals surface area (Å²) in [5.74, 6) is -0.0212. The zero-order chi connectivity index (χ0) is 14.4. The molecule has 1 heterocycles. The minimum Gasteiger partial charge on any atom is -0.481 e. The molecule has 1 rings (SSSR count). The van der Waals surface area contributed by atoms with Gasteiger partial charge in [0.1, 0.15) is 0 Å². The molecule has 0 aromatic rings. The van der Waals surface area contributed by atoms with Gasteiger partial charge in [0, 0.05) is 32.0 Å². The maximum Gasteiger partial charge on any atom is 0.303 e. The first-order valence-corrected chi connectivity index (χ1v) is 7.15. The van der Waals surface area contributed by atoms with E-state index in [9.17, 15) is 9.59 Å². The fraction of sp³-hybridized carbons (Fsp3) is 0.857. The van der Waals surface area contributed by atoms with E-state index in [1.165, 1.54) is 0 Å². The molecular weight excluding hydrogens is 244 g/mol. The number of hydrogen-bond donors (Lipinski definition) is 2. The van der Waals surface area contributed by atoms with Crippen LogP contribution in [0, 0.1) is 11.8 Å². The second-order valence-corrected chi connectivity index (χ2v) is 5.89. The van der Waals surface area contributed by atoms with Gasteiger partial charge >= 0.3 is 5.97 Å². The van der Waals surface area contributed by atoms with E-state index in [2.05, 4.69) is 0 Å². The van der Waals surface area contributed by atoms with Crippen LogP contribution < -0.4 is 5.73 Å². The third-order valence-corrected chi connectivity index (χ3v) is 3.90. The second kappa shape index (κ2) is 7.48. The van der Waals surface area contributed by atoms with Crippen LogP contribution >= 0.6 is 0 Å². The average Bonchev–Trinajstić information content (AvgIpc) is 2.36. The number of likely N-dealkylation sites (tertiary alicyclic amines) is 1. The largest absolute Gasteiger partial charge is 0.481 e. The van der Waals surface area contributed by atoms with Crippen LogP contribution in [0.3, 0.4) is 0 Å². The van der Waals surface area contributed by atoms with Crippen LogP contribution in [0.5, 0.6) is 0 Å². The molecule has 2 unspecified atom stereocenters. The van der Waals surface area contributed by atoms with Crippen molar-refractivity contribution >= 4 is 11.9 Å². The first-order valence-electron chi connectivity index (χ1n) is 7.15. The molecule has 1 aliphatic heterocycles. The molecule has 1 aliphatic rings. The normalized spacial score (nSPS) is 21.5. The van der Waals surface area contributed by atoms with Gasteiger partial charge in [-0.1, -0.05) is 13.8 Å². The topological polar surface area (TPSA) is 83.6 Å². The highest BCUT2D eigenvalue weighted by Crippen LogP contribution is 2.22. The lowest BCUT2D eigenvalue weighted by Gasteiger charge is -2.33. The summed E-state index contributed by atoms with van der Waals surface area (Å²) in [4.78, 5) is 24.6. The van der Waals surface area contributed by atoms with Crippen molar-refractivity contribution < 1.29 is 14.7 Å². The predicted molar refractivity (Wildman–Crippen MR) is 73.6 cm³/mol. The zero-order valence-electron chi connectivity index (χ0n) is 12.0. The molecule has 110 valence electrons. The molecule has 0 saturated carbocycles. The molecule has 0 bridgehead atoms. The standard InChI is InChI=1S/C14H26N2O3/c1-10(2)12(15)8-13(17)16-7-3-4-11(9-16)5-6-14(18)19/h10-12H,3-9,15H2,1-2H3,(H,18,19). The van der Waals surface area contributed by atoms with Crippen LogP contribution in [0.1, 0.15) is 46.0 Å². The number of aliphatic carboxylic acids is 1.